The summed E-state index contributed by atoms with van der Waals surface area (Å²) in [5.74, 6) is 1.65. The van der Waals surface area contributed by atoms with Crippen LogP contribution in [0.2, 0.25) is 0 Å². The average Bonchev–Trinajstić information content (AvgIpc) is 3.08. The van der Waals surface area contributed by atoms with Gasteiger partial charge in [0.1, 0.15) is 5.76 Å². The molecule has 1 heterocycles. The third-order valence-electron chi connectivity index (χ3n) is 4.42. The highest BCUT2D eigenvalue weighted by atomic mass is 127. The van der Waals surface area contributed by atoms with Crippen LogP contribution in [0.5, 0.6) is 0 Å². The molecule has 0 aliphatic carbocycles. The molecule has 0 saturated heterocycles. The molecule has 0 aromatic carbocycles. The van der Waals surface area contributed by atoms with Crippen molar-refractivity contribution in [3.8, 4) is 0 Å². The van der Waals surface area contributed by atoms with E-state index in [4.69, 9.17) is 9.26 Å². The van der Waals surface area contributed by atoms with E-state index in [1.54, 1.807) is 7.05 Å². The molecular formula is C20H37IN4O3. The molecule has 1 aromatic rings. The number of carbonyl (C=O) groups excluding carboxylic acids is 1. The zero-order valence-corrected chi connectivity index (χ0v) is 20.1. The number of aryl methyl sites for hydroxylation is 2. The van der Waals surface area contributed by atoms with Crippen molar-refractivity contribution in [2.75, 3.05) is 20.2 Å². The molecule has 0 spiro atoms. The van der Waals surface area contributed by atoms with Crippen LogP contribution >= 0.6 is 24.0 Å². The molecule has 0 aliphatic rings. The molecule has 0 aliphatic heterocycles. The molecule has 1 rings (SSSR count). The van der Waals surface area contributed by atoms with Crippen LogP contribution in [0.25, 0.3) is 0 Å². The number of rotatable bonds is 13. The fourth-order valence-corrected chi connectivity index (χ4v) is 2.90. The molecular weight excluding hydrogens is 471 g/mol. The Balaban J connectivity index is 0.00000729. The van der Waals surface area contributed by atoms with Gasteiger partial charge in [-0.1, -0.05) is 38.3 Å². The number of aliphatic imine (C=N–C) groups is 1. The Labute approximate surface area is 186 Å². The van der Waals surface area contributed by atoms with Crippen LogP contribution in [0.4, 0.5) is 0 Å². The van der Waals surface area contributed by atoms with Gasteiger partial charge in [-0.05, 0) is 26.2 Å². The highest BCUT2D eigenvalue weighted by Crippen LogP contribution is 2.15. The summed E-state index contributed by atoms with van der Waals surface area (Å²) in [6.45, 7) is 8.01. The van der Waals surface area contributed by atoms with Gasteiger partial charge in [0.15, 0.2) is 5.96 Å². The van der Waals surface area contributed by atoms with Gasteiger partial charge in [-0.15, -0.1) is 24.0 Å². The zero-order valence-electron chi connectivity index (χ0n) is 17.8. The van der Waals surface area contributed by atoms with Crippen molar-refractivity contribution >= 4 is 35.9 Å². The lowest BCUT2D eigenvalue weighted by atomic mass is 10.1. The number of nitrogens with zero attached hydrogens (tertiary/aromatic N) is 2. The third kappa shape index (κ3) is 10.3. The number of unbranched alkanes of at least 4 members (excludes halogenated alkanes) is 4. The zero-order chi connectivity index (χ0) is 19.9. The van der Waals surface area contributed by atoms with Gasteiger partial charge in [0, 0.05) is 38.5 Å². The van der Waals surface area contributed by atoms with Gasteiger partial charge in [-0.2, -0.15) is 0 Å². The van der Waals surface area contributed by atoms with E-state index in [1.165, 1.54) is 0 Å². The van der Waals surface area contributed by atoms with Crippen molar-refractivity contribution in [3.63, 3.8) is 0 Å². The molecule has 0 bridgehead atoms. The van der Waals surface area contributed by atoms with Crippen LogP contribution in [0.15, 0.2) is 9.52 Å². The SMILES string of the molecule is CCOC(=O)CCCCCCCNC(=NC)NCc1c(CC)noc1CC.I. The molecule has 0 saturated carbocycles. The van der Waals surface area contributed by atoms with Crippen LogP contribution in [-0.4, -0.2) is 37.3 Å². The quantitative estimate of drug-likeness (QED) is 0.138. The van der Waals surface area contributed by atoms with Crippen LogP contribution in [0, 0.1) is 0 Å². The average molecular weight is 508 g/mol. The number of nitrogens with one attached hydrogen (secondary N) is 2. The molecule has 7 nitrogen and oxygen atoms in total. The van der Waals surface area contributed by atoms with Crippen molar-refractivity contribution in [1.29, 1.82) is 0 Å². The number of hydrogen-bond donors (Lipinski definition) is 2. The number of hydrogen-bond acceptors (Lipinski definition) is 5. The molecule has 1 aromatic heterocycles. The van der Waals surface area contributed by atoms with E-state index < -0.39 is 0 Å². The van der Waals surface area contributed by atoms with E-state index in [-0.39, 0.29) is 29.9 Å². The van der Waals surface area contributed by atoms with Crippen molar-refractivity contribution < 1.29 is 14.1 Å². The summed E-state index contributed by atoms with van der Waals surface area (Å²) in [4.78, 5) is 15.5. The Morgan fingerprint density at radius 2 is 1.79 bits per heavy atom. The van der Waals surface area contributed by atoms with E-state index in [1.807, 2.05) is 6.92 Å². The van der Waals surface area contributed by atoms with Crippen LogP contribution < -0.4 is 10.6 Å². The van der Waals surface area contributed by atoms with E-state index in [9.17, 15) is 4.79 Å². The topological polar surface area (TPSA) is 88.8 Å². The monoisotopic (exact) mass is 508 g/mol. The number of esters is 1. The number of guanidine groups is 1. The minimum Gasteiger partial charge on any atom is -0.466 e. The van der Waals surface area contributed by atoms with Crippen LogP contribution in [0.1, 0.15) is 76.3 Å². The first-order chi connectivity index (χ1) is 13.2. The first kappa shape index (κ1) is 26.7. The maximum atomic E-state index is 11.3. The maximum absolute atomic E-state index is 11.3. The minimum absolute atomic E-state index is 0. The smallest absolute Gasteiger partial charge is 0.305 e. The fraction of sp³-hybridized carbons (Fsp3) is 0.750. The Morgan fingerprint density at radius 3 is 2.43 bits per heavy atom. The van der Waals surface area contributed by atoms with Crippen molar-refractivity contribution in [2.24, 2.45) is 4.99 Å². The summed E-state index contributed by atoms with van der Waals surface area (Å²) in [6, 6.07) is 0. The van der Waals surface area contributed by atoms with E-state index >= 15 is 0 Å². The van der Waals surface area contributed by atoms with Crippen molar-refractivity contribution in [1.82, 2.24) is 15.8 Å². The Kier molecular flexibility index (Phi) is 15.8. The van der Waals surface area contributed by atoms with Gasteiger partial charge in [0.05, 0.1) is 12.3 Å². The maximum Gasteiger partial charge on any atom is 0.305 e. The number of halogens is 1. The molecule has 0 amide bonds. The van der Waals surface area contributed by atoms with Gasteiger partial charge in [-0.3, -0.25) is 9.79 Å². The summed E-state index contributed by atoms with van der Waals surface area (Å²) in [7, 11) is 1.78. The first-order valence-electron chi connectivity index (χ1n) is 10.2. The summed E-state index contributed by atoms with van der Waals surface area (Å²) in [5.41, 5.74) is 2.15. The van der Waals surface area contributed by atoms with Gasteiger partial charge in [-0.25, -0.2) is 0 Å². The summed E-state index contributed by atoms with van der Waals surface area (Å²) in [6.07, 6.45) is 7.56. The molecule has 8 heteroatoms. The molecule has 162 valence electrons. The standard InChI is InChI=1S/C20H36N4O3.HI/c1-5-17-16(18(6-2)27-24-17)15-23-20(21-4)22-14-12-10-8-9-11-13-19(25)26-7-3;/h5-15H2,1-4H3,(H2,21,22,23);1H. The second-order valence-electron chi connectivity index (χ2n) is 6.41. The van der Waals surface area contributed by atoms with Gasteiger partial charge >= 0.3 is 5.97 Å². The Hall–Kier alpha value is -1.32. The fourth-order valence-electron chi connectivity index (χ4n) is 2.90. The van der Waals surface area contributed by atoms with Crippen LogP contribution in [0.3, 0.4) is 0 Å². The largest absolute Gasteiger partial charge is 0.466 e. The second kappa shape index (κ2) is 16.6. The third-order valence-corrected chi connectivity index (χ3v) is 4.42. The predicted molar refractivity (Wildman–Crippen MR) is 123 cm³/mol. The minimum atomic E-state index is -0.0840. The van der Waals surface area contributed by atoms with Crippen LogP contribution in [-0.2, 0) is 28.9 Å². The first-order valence-corrected chi connectivity index (χ1v) is 10.2. The van der Waals surface area contributed by atoms with Gasteiger partial charge in [0.25, 0.3) is 0 Å². The lowest BCUT2D eigenvalue weighted by Crippen LogP contribution is -2.37. The lowest BCUT2D eigenvalue weighted by molar-refractivity contribution is -0.143. The number of aromatic nitrogens is 1. The molecule has 0 fully saturated rings. The molecule has 0 atom stereocenters. The van der Waals surface area contributed by atoms with Gasteiger partial charge < -0.3 is 19.9 Å². The summed E-state index contributed by atoms with van der Waals surface area (Å²) < 4.78 is 10.3. The van der Waals surface area contributed by atoms with E-state index in [0.717, 1.165) is 74.5 Å². The summed E-state index contributed by atoms with van der Waals surface area (Å²) in [5, 5.41) is 10.8. The molecule has 28 heavy (non-hydrogen) atoms. The number of carbonyl (C=O) groups is 1. The molecule has 2 N–H and O–H groups in total. The highest BCUT2D eigenvalue weighted by molar-refractivity contribution is 14.0. The van der Waals surface area contributed by atoms with Crippen molar-refractivity contribution in [3.05, 3.63) is 17.0 Å². The van der Waals surface area contributed by atoms with E-state index in [0.29, 0.717) is 19.6 Å². The van der Waals surface area contributed by atoms with Crippen molar-refractivity contribution in [2.45, 2.75) is 78.7 Å². The molecule has 0 unspecified atom stereocenters. The number of ether oxygens (including phenoxy) is 1. The Morgan fingerprint density at radius 1 is 1.07 bits per heavy atom. The Bertz CT molecular complexity index is 554. The summed E-state index contributed by atoms with van der Waals surface area (Å²) >= 11 is 0. The second-order valence-corrected chi connectivity index (χ2v) is 6.41. The van der Waals surface area contributed by atoms with E-state index in [2.05, 4.69) is 34.6 Å². The predicted octanol–water partition coefficient (Wildman–Crippen LogP) is 3.99. The normalized spacial score (nSPS) is 11.1. The van der Waals surface area contributed by atoms with Gasteiger partial charge in [0.2, 0.25) is 0 Å². The lowest BCUT2D eigenvalue weighted by Gasteiger charge is -2.12. The molecule has 0 radical (unpaired) electrons. The highest BCUT2D eigenvalue weighted by Gasteiger charge is 2.13.